The molecule has 22 heavy (non-hydrogen) atoms. The third-order valence-corrected chi connectivity index (χ3v) is 5.18. The van der Waals surface area contributed by atoms with E-state index in [1.165, 1.54) is 12.8 Å². The number of hydrogen-bond acceptors (Lipinski definition) is 4. The lowest BCUT2D eigenvalue weighted by molar-refractivity contribution is 0.0309. The highest BCUT2D eigenvalue weighted by Gasteiger charge is 2.24. The van der Waals surface area contributed by atoms with Gasteiger partial charge in [0.05, 0.1) is 13.2 Å². The largest absolute Gasteiger partial charge is 0.379 e. The molecule has 0 radical (unpaired) electrons. The lowest BCUT2D eigenvalue weighted by Gasteiger charge is -2.36. The van der Waals surface area contributed by atoms with E-state index in [4.69, 9.17) is 4.74 Å². The zero-order chi connectivity index (χ0) is 15.2. The van der Waals surface area contributed by atoms with E-state index in [1.54, 1.807) is 0 Å². The number of morpholine rings is 1. The summed E-state index contributed by atoms with van der Waals surface area (Å²) >= 11 is 0. The third-order valence-electron chi connectivity index (χ3n) is 5.18. The Kier molecular flexibility index (Phi) is 5.92. The van der Waals surface area contributed by atoms with E-state index in [9.17, 15) is 4.79 Å². The minimum atomic E-state index is 0.153. The zero-order valence-corrected chi connectivity index (χ0v) is 13.6. The lowest BCUT2D eigenvalue weighted by Crippen LogP contribution is -2.54. The van der Waals surface area contributed by atoms with E-state index in [0.717, 1.165) is 78.4 Å². The molecule has 2 saturated heterocycles. The number of rotatable bonds is 4. The number of nitrogens with one attached hydrogen (secondary N) is 1. The number of carbonyl (C=O) groups is 1. The van der Waals surface area contributed by atoms with E-state index in [2.05, 4.69) is 15.1 Å². The molecule has 0 bridgehead atoms. The minimum absolute atomic E-state index is 0.153. The molecule has 2 heterocycles. The maximum Gasteiger partial charge on any atom is 0.317 e. The zero-order valence-electron chi connectivity index (χ0n) is 13.6. The molecule has 0 aromatic heterocycles. The van der Waals surface area contributed by atoms with Crippen LogP contribution in [0.1, 0.15) is 25.7 Å². The summed E-state index contributed by atoms with van der Waals surface area (Å²) in [5.74, 6) is 0. The predicted molar refractivity (Wildman–Crippen MR) is 86.1 cm³/mol. The first kappa shape index (κ1) is 16.0. The Morgan fingerprint density at radius 3 is 2.14 bits per heavy atom. The Balaban J connectivity index is 1.32. The molecule has 3 aliphatic rings. The van der Waals surface area contributed by atoms with Gasteiger partial charge in [-0.2, -0.15) is 0 Å². The monoisotopic (exact) mass is 310 g/mol. The topological polar surface area (TPSA) is 48.1 Å². The van der Waals surface area contributed by atoms with E-state index >= 15 is 0 Å². The SMILES string of the molecule is O=C(NC1CCCC1)N1CCN(CCN2CCOCC2)CC1. The average Bonchev–Trinajstić information content (AvgIpc) is 3.07. The van der Waals surface area contributed by atoms with E-state index in [1.807, 2.05) is 4.90 Å². The fraction of sp³-hybridized carbons (Fsp3) is 0.938. The average molecular weight is 310 g/mol. The van der Waals surface area contributed by atoms with Gasteiger partial charge >= 0.3 is 6.03 Å². The van der Waals surface area contributed by atoms with Crippen molar-refractivity contribution >= 4 is 6.03 Å². The van der Waals surface area contributed by atoms with Crippen molar-refractivity contribution in [1.82, 2.24) is 20.0 Å². The van der Waals surface area contributed by atoms with Crippen molar-refractivity contribution in [3.63, 3.8) is 0 Å². The smallest absolute Gasteiger partial charge is 0.317 e. The molecule has 1 saturated carbocycles. The highest BCUT2D eigenvalue weighted by Crippen LogP contribution is 2.18. The first-order chi connectivity index (χ1) is 10.8. The molecule has 2 aliphatic heterocycles. The first-order valence-corrected chi connectivity index (χ1v) is 8.89. The molecule has 0 atom stereocenters. The van der Waals surface area contributed by atoms with Crippen LogP contribution in [-0.4, -0.2) is 92.3 Å². The fourth-order valence-electron chi connectivity index (χ4n) is 3.62. The number of nitrogens with zero attached hydrogens (tertiary/aromatic N) is 3. The molecule has 0 aromatic carbocycles. The van der Waals surface area contributed by atoms with Crippen molar-refractivity contribution in [1.29, 1.82) is 0 Å². The van der Waals surface area contributed by atoms with Crippen LogP contribution in [0.3, 0.4) is 0 Å². The Morgan fingerprint density at radius 1 is 0.909 bits per heavy atom. The van der Waals surface area contributed by atoms with Gasteiger partial charge in [-0.15, -0.1) is 0 Å². The van der Waals surface area contributed by atoms with Crippen molar-refractivity contribution in [3.8, 4) is 0 Å². The van der Waals surface area contributed by atoms with Crippen LogP contribution < -0.4 is 5.32 Å². The molecule has 126 valence electrons. The predicted octanol–water partition coefficient (Wildman–Crippen LogP) is 0.588. The van der Waals surface area contributed by atoms with Gasteiger partial charge < -0.3 is 15.0 Å². The first-order valence-electron chi connectivity index (χ1n) is 8.89. The number of urea groups is 1. The van der Waals surface area contributed by atoms with Crippen molar-refractivity contribution in [2.75, 3.05) is 65.6 Å². The van der Waals surface area contributed by atoms with Gasteiger partial charge in [-0.1, -0.05) is 12.8 Å². The normalized spacial score (nSPS) is 25.5. The van der Waals surface area contributed by atoms with Crippen LogP contribution in [0, 0.1) is 0 Å². The molecule has 3 rings (SSSR count). The molecular weight excluding hydrogens is 280 g/mol. The Morgan fingerprint density at radius 2 is 1.50 bits per heavy atom. The molecule has 0 aromatic rings. The Labute approximate surface area is 133 Å². The van der Waals surface area contributed by atoms with Gasteiger partial charge in [0.15, 0.2) is 0 Å². The van der Waals surface area contributed by atoms with Crippen LogP contribution in [-0.2, 0) is 4.74 Å². The fourth-order valence-corrected chi connectivity index (χ4v) is 3.62. The second kappa shape index (κ2) is 8.13. The Bertz CT molecular complexity index is 346. The molecule has 2 amide bonds. The van der Waals surface area contributed by atoms with E-state index in [-0.39, 0.29) is 6.03 Å². The second-order valence-corrected chi connectivity index (χ2v) is 6.71. The van der Waals surface area contributed by atoms with Gasteiger partial charge in [0.1, 0.15) is 0 Å². The molecular formula is C16H30N4O2. The van der Waals surface area contributed by atoms with E-state index < -0.39 is 0 Å². The number of ether oxygens (including phenoxy) is 1. The van der Waals surface area contributed by atoms with Gasteiger partial charge in [-0.3, -0.25) is 9.80 Å². The van der Waals surface area contributed by atoms with Gasteiger partial charge in [-0.05, 0) is 12.8 Å². The van der Waals surface area contributed by atoms with Gasteiger partial charge in [0.2, 0.25) is 0 Å². The highest BCUT2D eigenvalue weighted by atomic mass is 16.5. The van der Waals surface area contributed by atoms with Crippen LogP contribution in [0.5, 0.6) is 0 Å². The van der Waals surface area contributed by atoms with Gasteiger partial charge in [0.25, 0.3) is 0 Å². The molecule has 6 heteroatoms. The van der Waals surface area contributed by atoms with Crippen LogP contribution in [0.2, 0.25) is 0 Å². The highest BCUT2D eigenvalue weighted by molar-refractivity contribution is 5.74. The number of amides is 2. The molecule has 0 spiro atoms. The van der Waals surface area contributed by atoms with Crippen molar-refractivity contribution in [3.05, 3.63) is 0 Å². The summed E-state index contributed by atoms with van der Waals surface area (Å²) in [6.45, 7) is 9.82. The van der Waals surface area contributed by atoms with Crippen molar-refractivity contribution in [2.45, 2.75) is 31.7 Å². The quantitative estimate of drug-likeness (QED) is 0.826. The summed E-state index contributed by atoms with van der Waals surface area (Å²) in [7, 11) is 0. The number of carbonyl (C=O) groups excluding carboxylic acids is 1. The third kappa shape index (κ3) is 4.57. The minimum Gasteiger partial charge on any atom is -0.379 e. The number of piperazine rings is 1. The Hall–Kier alpha value is -0.850. The van der Waals surface area contributed by atoms with Crippen LogP contribution in [0.15, 0.2) is 0 Å². The molecule has 3 fully saturated rings. The lowest BCUT2D eigenvalue weighted by atomic mass is 10.2. The van der Waals surface area contributed by atoms with Crippen LogP contribution in [0.25, 0.3) is 0 Å². The van der Waals surface area contributed by atoms with Gasteiger partial charge in [0, 0.05) is 58.4 Å². The summed E-state index contributed by atoms with van der Waals surface area (Å²) in [5, 5.41) is 3.19. The maximum absolute atomic E-state index is 12.2. The summed E-state index contributed by atoms with van der Waals surface area (Å²) in [6, 6.07) is 0.576. The summed E-state index contributed by atoms with van der Waals surface area (Å²) in [6.07, 6.45) is 4.84. The number of hydrogen-bond donors (Lipinski definition) is 1. The van der Waals surface area contributed by atoms with Crippen molar-refractivity contribution < 1.29 is 9.53 Å². The van der Waals surface area contributed by atoms with Crippen LogP contribution in [0.4, 0.5) is 4.79 Å². The van der Waals surface area contributed by atoms with E-state index in [0.29, 0.717) is 6.04 Å². The summed E-state index contributed by atoms with van der Waals surface area (Å²) < 4.78 is 5.38. The maximum atomic E-state index is 12.2. The van der Waals surface area contributed by atoms with Crippen LogP contribution >= 0.6 is 0 Å². The molecule has 1 aliphatic carbocycles. The molecule has 1 N–H and O–H groups in total. The summed E-state index contributed by atoms with van der Waals surface area (Å²) in [5.41, 5.74) is 0. The molecule has 6 nitrogen and oxygen atoms in total. The standard InChI is InChI=1S/C16H30N4O2/c21-16(17-15-3-1-2-4-15)20-9-7-18(8-10-20)5-6-19-11-13-22-14-12-19/h15H,1-14H2,(H,17,21). The second-order valence-electron chi connectivity index (χ2n) is 6.71. The summed E-state index contributed by atoms with van der Waals surface area (Å²) in [4.78, 5) is 19.2. The van der Waals surface area contributed by atoms with Gasteiger partial charge in [-0.25, -0.2) is 4.79 Å². The molecule has 0 unspecified atom stereocenters. The van der Waals surface area contributed by atoms with Crippen molar-refractivity contribution in [2.24, 2.45) is 0 Å².